The summed E-state index contributed by atoms with van der Waals surface area (Å²) in [5, 5.41) is 3.09. The Balaban J connectivity index is 2.53. The fourth-order valence-corrected chi connectivity index (χ4v) is 2.71. The molecule has 4 nitrogen and oxygen atoms in total. The summed E-state index contributed by atoms with van der Waals surface area (Å²) in [6.07, 6.45) is 0. The lowest BCUT2D eigenvalue weighted by atomic mass is 10.2. The van der Waals surface area contributed by atoms with E-state index in [2.05, 4.69) is 53.8 Å². The normalized spacial score (nSPS) is 10.4. The summed E-state index contributed by atoms with van der Waals surface area (Å²) < 4.78 is 7.15. The Kier molecular flexibility index (Phi) is 4.62. The average molecular weight is 434 g/mol. The number of nitrogens with zero attached hydrogens (tertiary/aromatic N) is 2. The van der Waals surface area contributed by atoms with Gasteiger partial charge in [0.2, 0.25) is 0 Å². The molecule has 0 unspecified atom stereocenters. The van der Waals surface area contributed by atoms with Crippen LogP contribution in [0.25, 0.3) is 11.4 Å². The van der Waals surface area contributed by atoms with Crippen LogP contribution in [-0.2, 0) is 0 Å². The summed E-state index contributed by atoms with van der Waals surface area (Å²) in [6.45, 7) is 1.98. The first kappa shape index (κ1) is 14.5. The summed E-state index contributed by atoms with van der Waals surface area (Å²) in [5.41, 5.74) is 1.91. The molecule has 0 aliphatic rings. The van der Waals surface area contributed by atoms with E-state index in [0.717, 1.165) is 30.9 Å². The van der Waals surface area contributed by atoms with Gasteiger partial charge in [-0.25, -0.2) is 9.97 Å². The first-order valence-electron chi connectivity index (χ1n) is 5.62. The van der Waals surface area contributed by atoms with Crippen LogP contribution < -0.4 is 10.1 Å². The van der Waals surface area contributed by atoms with E-state index in [9.17, 15) is 0 Å². The topological polar surface area (TPSA) is 47.0 Å². The number of rotatable bonds is 3. The molecular formula is C13H13BrIN3O. The van der Waals surface area contributed by atoms with Gasteiger partial charge in [0.25, 0.3) is 0 Å². The van der Waals surface area contributed by atoms with Gasteiger partial charge in [-0.05, 0) is 63.6 Å². The Morgan fingerprint density at radius 3 is 2.63 bits per heavy atom. The lowest BCUT2D eigenvalue weighted by Crippen LogP contribution is -2.02. The number of methoxy groups -OCH3 is 1. The van der Waals surface area contributed by atoms with Crippen molar-refractivity contribution in [1.29, 1.82) is 0 Å². The predicted octanol–water partition coefficient (Wildman–Crippen LogP) is 3.87. The molecule has 0 radical (unpaired) electrons. The smallest absolute Gasteiger partial charge is 0.161 e. The van der Waals surface area contributed by atoms with Gasteiger partial charge in [0.1, 0.15) is 11.6 Å². The number of aryl methyl sites for hydroxylation is 1. The zero-order valence-electron chi connectivity index (χ0n) is 10.8. The molecule has 1 aromatic carbocycles. The van der Waals surface area contributed by atoms with Gasteiger partial charge in [0.05, 0.1) is 20.8 Å². The van der Waals surface area contributed by atoms with E-state index in [1.54, 1.807) is 7.11 Å². The van der Waals surface area contributed by atoms with Crippen molar-refractivity contribution < 1.29 is 4.74 Å². The van der Waals surface area contributed by atoms with Crippen LogP contribution in [0.15, 0.2) is 22.7 Å². The highest BCUT2D eigenvalue weighted by Gasteiger charge is 2.11. The highest BCUT2D eigenvalue weighted by molar-refractivity contribution is 14.1. The molecule has 1 heterocycles. The zero-order chi connectivity index (χ0) is 14.0. The van der Waals surface area contributed by atoms with Gasteiger partial charge < -0.3 is 10.1 Å². The van der Waals surface area contributed by atoms with Crippen LogP contribution in [0.5, 0.6) is 5.75 Å². The Morgan fingerprint density at radius 1 is 1.32 bits per heavy atom. The maximum atomic E-state index is 5.22. The van der Waals surface area contributed by atoms with E-state index in [0.29, 0.717) is 5.82 Å². The summed E-state index contributed by atoms with van der Waals surface area (Å²) in [4.78, 5) is 9.06. The van der Waals surface area contributed by atoms with Gasteiger partial charge >= 0.3 is 0 Å². The highest BCUT2D eigenvalue weighted by atomic mass is 127. The minimum Gasteiger partial charge on any atom is -0.496 e. The van der Waals surface area contributed by atoms with E-state index in [-0.39, 0.29) is 0 Å². The van der Waals surface area contributed by atoms with Crippen LogP contribution in [0.4, 0.5) is 5.82 Å². The fourth-order valence-electron chi connectivity index (χ4n) is 1.66. The van der Waals surface area contributed by atoms with Crippen LogP contribution >= 0.6 is 38.5 Å². The molecule has 0 aliphatic carbocycles. The molecule has 0 spiro atoms. The second kappa shape index (κ2) is 6.04. The van der Waals surface area contributed by atoms with E-state index < -0.39 is 0 Å². The van der Waals surface area contributed by atoms with E-state index in [4.69, 9.17) is 4.74 Å². The molecule has 0 saturated heterocycles. The van der Waals surface area contributed by atoms with Crippen LogP contribution in [0.3, 0.4) is 0 Å². The molecular weight excluding hydrogens is 421 g/mol. The predicted molar refractivity (Wildman–Crippen MR) is 88.7 cm³/mol. The standard InChI is InChI=1S/C13H13BrIN3O/c1-7-11(15)13(16-2)18-12(17-7)8-4-5-10(19-3)9(14)6-8/h4-6H,1-3H3,(H,16,17,18). The summed E-state index contributed by atoms with van der Waals surface area (Å²) in [7, 11) is 3.50. The minimum absolute atomic E-state index is 0.700. The fraction of sp³-hybridized carbons (Fsp3) is 0.231. The van der Waals surface area contributed by atoms with Gasteiger partial charge in [-0.2, -0.15) is 0 Å². The van der Waals surface area contributed by atoms with Crippen molar-refractivity contribution in [1.82, 2.24) is 9.97 Å². The highest BCUT2D eigenvalue weighted by Crippen LogP contribution is 2.30. The number of halogens is 2. The largest absolute Gasteiger partial charge is 0.496 e. The third kappa shape index (κ3) is 3.00. The Bertz CT molecular complexity index is 619. The minimum atomic E-state index is 0.700. The van der Waals surface area contributed by atoms with Crippen LogP contribution in [-0.4, -0.2) is 24.1 Å². The molecule has 0 atom stereocenters. The third-order valence-electron chi connectivity index (χ3n) is 2.66. The van der Waals surface area contributed by atoms with Gasteiger partial charge in [-0.1, -0.05) is 0 Å². The maximum Gasteiger partial charge on any atom is 0.161 e. The van der Waals surface area contributed by atoms with Crippen LogP contribution in [0, 0.1) is 10.5 Å². The lowest BCUT2D eigenvalue weighted by Gasteiger charge is -2.10. The van der Waals surface area contributed by atoms with Crippen molar-refractivity contribution in [2.75, 3.05) is 19.5 Å². The number of benzene rings is 1. The van der Waals surface area contributed by atoms with Crippen molar-refractivity contribution in [2.24, 2.45) is 0 Å². The van der Waals surface area contributed by atoms with E-state index in [1.165, 1.54) is 0 Å². The first-order valence-corrected chi connectivity index (χ1v) is 7.49. The molecule has 0 bridgehead atoms. The van der Waals surface area contributed by atoms with Crippen molar-refractivity contribution in [3.63, 3.8) is 0 Å². The van der Waals surface area contributed by atoms with Crippen molar-refractivity contribution in [2.45, 2.75) is 6.92 Å². The van der Waals surface area contributed by atoms with Gasteiger partial charge in [0, 0.05) is 12.6 Å². The van der Waals surface area contributed by atoms with Crippen LogP contribution in [0.2, 0.25) is 0 Å². The number of nitrogens with one attached hydrogen (secondary N) is 1. The third-order valence-corrected chi connectivity index (χ3v) is 4.57. The van der Waals surface area contributed by atoms with Gasteiger partial charge in [0.15, 0.2) is 5.82 Å². The summed E-state index contributed by atoms with van der Waals surface area (Å²) >= 11 is 5.72. The number of hydrogen-bond acceptors (Lipinski definition) is 4. The molecule has 6 heteroatoms. The molecule has 0 saturated carbocycles. The maximum absolute atomic E-state index is 5.22. The second-order valence-corrected chi connectivity index (χ2v) is 5.83. The molecule has 2 aromatic rings. The first-order chi connectivity index (χ1) is 9.06. The monoisotopic (exact) mass is 433 g/mol. The second-order valence-electron chi connectivity index (χ2n) is 3.89. The number of ether oxygens (including phenoxy) is 1. The average Bonchev–Trinajstić information content (AvgIpc) is 2.41. The van der Waals surface area contributed by atoms with Crippen molar-refractivity contribution in [3.05, 3.63) is 31.9 Å². The van der Waals surface area contributed by atoms with Crippen LogP contribution in [0.1, 0.15) is 5.69 Å². The Hall–Kier alpha value is -0.890. The molecule has 0 fully saturated rings. The number of hydrogen-bond donors (Lipinski definition) is 1. The Morgan fingerprint density at radius 2 is 2.05 bits per heavy atom. The van der Waals surface area contributed by atoms with Gasteiger partial charge in [-0.3, -0.25) is 0 Å². The molecule has 1 aromatic heterocycles. The SMILES string of the molecule is CNc1nc(-c2ccc(OC)c(Br)c2)nc(C)c1I. The molecule has 0 amide bonds. The van der Waals surface area contributed by atoms with E-state index in [1.807, 2.05) is 32.2 Å². The number of anilines is 1. The van der Waals surface area contributed by atoms with Crippen molar-refractivity contribution in [3.8, 4) is 17.1 Å². The molecule has 1 N–H and O–H groups in total. The molecule has 19 heavy (non-hydrogen) atoms. The van der Waals surface area contributed by atoms with Crippen molar-refractivity contribution >= 4 is 44.3 Å². The molecule has 100 valence electrons. The number of aromatic nitrogens is 2. The zero-order valence-corrected chi connectivity index (χ0v) is 14.5. The Labute approximate surface area is 134 Å². The summed E-state index contributed by atoms with van der Waals surface area (Å²) in [6, 6.07) is 5.81. The summed E-state index contributed by atoms with van der Waals surface area (Å²) in [5.74, 6) is 2.33. The quantitative estimate of drug-likeness (QED) is 0.746. The van der Waals surface area contributed by atoms with E-state index >= 15 is 0 Å². The van der Waals surface area contributed by atoms with Gasteiger partial charge in [-0.15, -0.1) is 0 Å². The lowest BCUT2D eigenvalue weighted by molar-refractivity contribution is 0.412. The molecule has 2 rings (SSSR count). The molecule has 0 aliphatic heterocycles.